The van der Waals surface area contributed by atoms with Gasteiger partial charge in [0, 0.05) is 6.04 Å². The van der Waals surface area contributed by atoms with Crippen LogP contribution < -0.4 is 5.73 Å². The smallest absolute Gasteiger partial charge is 0.307 e. The van der Waals surface area contributed by atoms with Crippen LogP contribution in [-0.2, 0) is 9.53 Å². The van der Waals surface area contributed by atoms with Gasteiger partial charge in [-0.3, -0.25) is 4.79 Å². The summed E-state index contributed by atoms with van der Waals surface area (Å²) in [4.78, 5) is 10.9. The lowest BCUT2D eigenvalue weighted by molar-refractivity contribution is -0.141. The normalized spacial score (nSPS) is 12.3. The van der Waals surface area contributed by atoms with Crippen LogP contribution in [-0.4, -0.2) is 13.1 Å². The van der Waals surface area contributed by atoms with Crippen LogP contribution in [0.1, 0.15) is 18.0 Å². The number of benzene rings is 1. The number of esters is 1. The maximum absolute atomic E-state index is 13.0. The van der Waals surface area contributed by atoms with Crippen molar-refractivity contribution in [2.45, 2.75) is 12.5 Å². The quantitative estimate of drug-likeness (QED) is 0.660. The summed E-state index contributed by atoms with van der Waals surface area (Å²) in [5.74, 6) is -2.76. The highest BCUT2D eigenvalue weighted by atomic mass is 35.5. The molecule has 0 spiro atoms. The first kappa shape index (κ1) is 12.9. The number of halogens is 3. The fourth-order valence-electron chi connectivity index (χ4n) is 1.17. The van der Waals surface area contributed by atoms with Crippen molar-refractivity contribution >= 4 is 17.6 Å². The van der Waals surface area contributed by atoms with E-state index in [4.69, 9.17) is 17.3 Å². The summed E-state index contributed by atoms with van der Waals surface area (Å²) in [6, 6.07) is 1.32. The third-order valence-corrected chi connectivity index (χ3v) is 2.32. The third-order valence-electron chi connectivity index (χ3n) is 2.05. The molecule has 6 heteroatoms. The van der Waals surface area contributed by atoms with Crippen molar-refractivity contribution in [2.75, 3.05) is 7.11 Å². The van der Waals surface area contributed by atoms with Crippen LogP contribution in [0, 0.1) is 11.6 Å². The monoisotopic (exact) mass is 249 g/mol. The molecule has 88 valence electrons. The molecule has 0 aliphatic rings. The largest absolute Gasteiger partial charge is 0.469 e. The molecule has 0 fully saturated rings. The van der Waals surface area contributed by atoms with E-state index in [2.05, 4.69) is 4.74 Å². The molecule has 3 nitrogen and oxygen atoms in total. The first-order valence-electron chi connectivity index (χ1n) is 4.42. The van der Waals surface area contributed by atoms with E-state index < -0.39 is 23.6 Å². The Bertz CT molecular complexity index is 389. The Morgan fingerprint density at radius 3 is 2.69 bits per heavy atom. The standard InChI is InChI=1S/C10H10ClF2NO2/c1-16-9(15)4-8(14)5-2-6(11)10(13)7(12)3-5/h2-3,8H,4,14H2,1H3. The number of ether oxygens (including phenoxy) is 1. The molecule has 1 rings (SSSR count). The summed E-state index contributed by atoms with van der Waals surface area (Å²) in [6.07, 6.45) is -0.127. The number of hydrogen-bond acceptors (Lipinski definition) is 3. The summed E-state index contributed by atoms with van der Waals surface area (Å²) in [5.41, 5.74) is 5.86. The van der Waals surface area contributed by atoms with Gasteiger partial charge in [-0.1, -0.05) is 11.6 Å². The van der Waals surface area contributed by atoms with Gasteiger partial charge in [-0.15, -0.1) is 0 Å². The minimum atomic E-state index is -1.13. The van der Waals surface area contributed by atoms with Gasteiger partial charge in [0.2, 0.25) is 0 Å². The first-order chi connectivity index (χ1) is 7.45. The number of rotatable bonds is 3. The number of carbonyl (C=O) groups excluding carboxylic acids is 1. The lowest BCUT2D eigenvalue weighted by atomic mass is 10.0. The molecule has 0 aliphatic carbocycles. The second-order valence-electron chi connectivity index (χ2n) is 3.19. The maximum atomic E-state index is 13.0. The maximum Gasteiger partial charge on any atom is 0.307 e. The van der Waals surface area contributed by atoms with Crippen LogP contribution in [0.5, 0.6) is 0 Å². The Kier molecular flexibility index (Phi) is 4.20. The zero-order valence-corrected chi connectivity index (χ0v) is 9.22. The second-order valence-corrected chi connectivity index (χ2v) is 3.59. The lowest BCUT2D eigenvalue weighted by Crippen LogP contribution is -2.16. The number of carbonyl (C=O) groups is 1. The van der Waals surface area contributed by atoms with Gasteiger partial charge in [-0.05, 0) is 17.7 Å². The number of methoxy groups -OCH3 is 1. The summed E-state index contributed by atoms with van der Waals surface area (Å²) in [6.45, 7) is 0. The molecule has 1 unspecified atom stereocenters. The predicted octanol–water partition coefficient (Wildman–Crippen LogP) is 2.18. The first-order valence-corrected chi connectivity index (χ1v) is 4.80. The summed E-state index contributed by atoms with van der Waals surface area (Å²) < 4.78 is 30.3. The minimum Gasteiger partial charge on any atom is -0.469 e. The Morgan fingerprint density at radius 1 is 1.56 bits per heavy atom. The highest BCUT2D eigenvalue weighted by Crippen LogP contribution is 2.24. The van der Waals surface area contributed by atoms with Gasteiger partial charge in [0.25, 0.3) is 0 Å². The third kappa shape index (κ3) is 2.90. The van der Waals surface area contributed by atoms with Crippen molar-refractivity contribution in [3.05, 3.63) is 34.4 Å². The highest BCUT2D eigenvalue weighted by Gasteiger charge is 2.16. The van der Waals surface area contributed by atoms with E-state index >= 15 is 0 Å². The van der Waals surface area contributed by atoms with Gasteiger partial charge in [-0.2, -0.15) is 0 Å². The molecular formula is C10H10ClF2NO2. The van der Waals surface area contributed by atoms with E-state index in [1.165, 1.54) is 13.2 Å². The van der Waals surface area contributed by atoms with E-state index in [1.54, 1.807) is 0 Å². The van der Waals surface area contributed by atoms with Crippen LogP contribution in [0.15, 0.2) is 12.1 Å². The molecule has 0 bridgehead atoms. The SMILES string of the molecule is COC(=O)CC(N)c1cc(F)c(F)c(Cl)c1. The second kappa shape index (κ2) is 5.23. The van der Waals surface area contributed by atoms with Crippen molar-refractivity contribution < 1.29 is 18.3 Å². The van der Waals surface area contributed by atoms with Crippen molar-refractivity contribution in [3.8, 4) is 0 Å². The average molecular weight is 250 g/mol. The summed E-state index contributed by atoms with van der Waals surface area (Å²) in [5, 5.41) is -0.365. The minimum absolute atomic E-state index is 0.127. The van der Waals surface area contributed by atoms with Crippen molar-refractivity contribution in [1.82, 2.24) is 0 Å². The van der Waals surface area contributed by atoms with E-state index in [0.717, 1.165) is 6.07 Å². The zero-order chi connectivity index (χ0) is 12.3. The van der Waals surface area contributed by atoms with Gasteiger partial charge in [-0.25, -0.2) is 8.78 Å². The molecular weight excluding hydrogens is 240 g/mol. The fourth-order valence-corrected chi connectivity index (χ4v) is 1.39. The van der Waals surface area contributed by atoms with Crippen molar-refractivity contribution in [3.63, 3.8) is 0 Å². The average Bonchev–Trinajstić information content (AvgIpc) is 2.24. The number of nitrogens with two attached hydrogens (primary N) is 1. The number of hydrogen-bond donors (Lipinski definition) is 1. The van der Waals surface area contributed by atoms with Gasteiger partial charge in [0.1, 0.15) is 0 Å². The van der Waals surface area contributed by atoms with E-state index in [-0.39, 0.29) is 17.0 Å². The topological polar surface area (TPSA) is 52.3 Å². The van der Waals surface area contributed by atoms with Crippen LogP contribution in [0.25, 0.3) is 0 Å². The lowest BCUT2D eigenvalue weighted by Gasteiger charge is -2.11. The van der Waals surface area contributed by atoms with E-state index in [9.17, 15) is 13.6 Å². The molecule has 1 aromatic rings. The van der Waals surface area contributed by atoms with Crippen molar-refractivity contribution in [2.24, 2.45) is 5.73 Å². The molecule has 1 aromatic carbocycles. The fraction of sp³-hybridized carbons (Fsp3) is 0.300. The Morgan fingerprint density at radius 2 is 2.19 bits per heavy atom. The predicted molar refractivity (Wildman–Crippen MR) is 54.9 cm³/mol. The summed E-state index contributed by atoms with van der Waals surface area (Å²) in [7, 11) is 1.22. The molecule has 0 aliphatic heterocycles. The van der Waals surface area contributed by atoms with Crippen LogP contribution >= 0.6 is 11.6 Å². The molecule has 2 N–H and O–H groups in total. The van der Waals surface area contributed by atoms with Crippen molar-refractivity contribution in [1.29, 1.82) is 0 Å². The Labute approximate surface area is 96.1 Å². The van der Waals surface area contributed by atoms with Crippen LogP contribution in [0.2, 0.25) is 5.02 Å². The van der Waals surface area contributed by atoms with Gasteiger partial charge >= 0.3 is 5.97 Å². The highest BCUT2D eigenvalue weighted by molar-refractivity contribution is 6.30. The Hall–Kier alpha value is -1.20. The van der Waals surface area contributed by atoms with E-state index in [0.29, 0.717) is 0 Å². The summed E-state index contributed by atoms with van der Waals surface area (Å²) >= 11 is 5.45. The van der Waals surface area contributed by atoms with Gasteiger partial charge in [0.05, 0.1) is 18.6 Å². The molecule has 1 atom stereocenters. The molecule has 0 heterocycles. The molecule has 0 aromatic heterocycles. The molecule has 0 saturated heterocycles. The molecule has 16 heavy (non-hydrogen) atoms. The molecule has 0 amide bonds. The Balaban J connectivity index is 2.92. The van der Waals surface area contributed by atoms with Gasteiger partial charge < -0.3 is 10.5 Å². The molecule has 0 saturated carbocycles. The van der Waals surface area contributed by atoms with E-state index in [1.807, 2.05) is 0 Å². The molecule has 0 radical (unpaired) electrons. The van der Waals surface area contributed by atoms with Gasteiger partial charge in [0.15, 0.2) is 11.6 Å². The van der Waals surface area contributed by atoms with Crippen LogP contribution in [0.3, 0.4) is 0 Å². The van der Waals surface area contributed by atoms with Crippen LogP contribution in [0.4, 0.5) is 8.78 Å². The zero-order valence-electron chi connectivity index (χ0n) is 8.47.